The van der Waals surface area contributed by atoms with Gasteiger partial charge in [-0.2, -0.15) is 0 Å². The number of hydrogen-bond acceptors (Lipinski definition) is 2. The lowest BCUT2D eigenvalue weighted by Gasteiger charge is -2.34. The minimum Gasteiger partial charge on any atom is -0.455 e. The van der Waals surface area contributed by atoms with E-state index >= 15 is 0 Å². The number of furan rings is 1. The molecule has 0 aliphatic heterocycles. The van der Waals surface area contributed by atoms with Crippen molar-refractivity contribution in [2.24, 2.45) is 5.41 Å². The van der Waals surface area contributed by atoms with Crippen LogP contribution in [0.2, 0.25) is 0 Å². The van der Waals surface area contributed by atoms with E-state index in [0.717, 1.165) is 40.3 Å². The molecule has 0 bridgehead atoms. The van der Waals surface area contributed by atoms with Crippen LogP contribution in [-0.2, 0) is 0 Å². The Kier molecular flexibility index (Phi) is 4.66. The molecule has 1 saturated carbocycles. The maximum absolute atomic E-state index is 9.30. The molecular weight excluding hydrogens is 498 g/mol. The van der Waals surface area contributed by atoms with E-state index in [9.17, 15) is 1.37 Å². The van der Waals surface area contributed by atoms with Gasteiger partial charge in [0.15, 0.2) is 0 Å². The fourth-order valence-electron chi connectivity index (χ4n) is 6.21. The van der Waals surface area contributed by atoms with E-state index in [2.05, 4.69) is 18.8 Å². The van der Waals surface area contributed by atoms with Crippen LogP contribution in [0.4, 0.5) is 0 Å². The maximum Gasteiger partial charge on any atom is 0.144 e. The normalized spacial score (nSPS) is 19.4. The number of aromatic nitrogens is 1. The predicted molar refractivity (Wildman–Crippen MR) is 172 cm³/mol. The Labute approximate surface area is 252 Å². The van der Waals surface area contributed by atoms with Crippen molar-refractivity contribution in [3.05, 3.63) is 114 Å². The van der Waals surface area contributed by atoms with E-state index < -0.39 is 19.6 Å². The van der Waals surface area contributed by atoms with Crippen LogP contribution < -0.4 is 0 Å². The van der Waals surface area contributed by atoms with Gasteiger partial charge in [0, 0.05) is 37.7 Å². The molecule has 0 spiro atoms. The van der Waals surface area contributed by atoms with Crippen LogP contribution in [0, 0.1) is 19.1 Å². The van der Waals surface area contributed by atoms with Crippen LogP contribution in [0.1, 0.15) is 71.7 Å². The Hall–Kier alpha value is -4.17. The van der Waals surface area contributed by atoms with Crippen molar-refractivity contribution in [3.8, 4) is 33.5 Å². The second-order valence-corrected chi connectivity index (χ2v) is 12.0. The highest BCUT2D eigenvalue weighted by Gasteiger charge is 2.28. The predicted octanol–water partition coefficient (Wildman–Crippen LogP) is 11.3. The molecule has 0 radical (unpaired) electrons. The molecule has 0 saturated heterocycles. The number of nitrogens with zero attached hydrogens (tertiary/aromatic N) is 1. The van der Waals surface area contributed by atoms with Crippen molar-refractivity contribution in [3.63, 3.8) is 0 Å². The first-order chi connectivity index (χ1) is 22.6. The summed E-state index contributed by atoms with van der Waals surface area (Å²) < 4.78 is 66.5. The number of para-hydroxylation sites is 2. The number of pyridine rings is 1. The summed E-state index contributed by atoms with van der Waals surface area (Å²) in [6.07, 6.45) is 4.35. The van der Waals surface area contributed by atoms with E-state index in [4.69, 9.17) is 12.6 Å². The molecule has 0 amide bonds. The molecule has 4 aromatic carbocycles. The second-order valence-electron chi connectivity index (χ2n) is 12.0. The summed E-state index contributed by atoms with van der Waals surface area (Å²) in [5, 5.41) is 1.84. The smallest absolute Gasteiger partial charge is 0.144 e. The zero-order valence-corrected chi connectivity index (χ0v) is 23.4. The maximum atomic E-state index is 9.30. The molecule has 7 rings (SSSR count). The third-order valence-electron chi connectivity index (χ3n) is 8.71. The van der Waals surface area contributed by atoms with Crippen molar-refractivity contribution in [1.29, 1.82) is 0 Å². The minimum atomic E-state index is -2.55. The van der Waals surface area contributed by atoms with Gasteiger partial charge < -0.3 is 4.42 Å². The number of rotatable bonds is 4. The highest BCUT2D eigenvalue weighted by atomic mass is 16.3. The van der Waals surface area contributed by atoms with E-state index in [-0.39, 0.29) is 22.1 Å². The molecule has 2 nitrogen and oxygen atoms in total. The quantitative estimate of drug-likeness (QED) is 0.221. The van der Waals surface area contributed by atoms with Crippen LogP contribution in [0.5, 0.6) is 0 Å². The van der Waals surface area contributed by atoms with Crippen LogP contribution in [-0.4, -0.2) is 4.98 Å². The van der Waals surface area contributed by atoms with Crippen LogP contribution in [0.25, 0.3) is 55.4 Å². The highest BCUT2D eigenvalue weighted by Crippen LogP contribution is 2.44. The summed E-state index contributed by atoms with van der Waals surface area (Å²) in [6.45, 7) is -0.686. The first-order valence-electron chi connectivity index (χ1n) is 17.8. The molecule has 0 N–H and O–H groups in total. The van der Waals surface area contributed by atoms with Crippen molar-refractivity contribution in [2.45, 2.75) is 59.1 Å². The fourth-order valence-corrected chi connectivity index (χ4v) is 6.21. The third-order valence-corrected chi connectivity index (χ3v) is 8.71. The largest absolute Gasteiger partial charge is 0.455 e. The molecule has 2 heterocycles. The molecule has 1 fully saturated rings. The van der Waals surface area contributed by atoms with E-state index in [1.807, 2.05) is 72.8 Å². The summed E-state index contributed by atoms with van der Waals surface area (Å²) in [5.41, 5.74) is 5.84. The lowest BCUT2D eigenvalue weighted by molar-refractivity contribution is 0.224. The highest BCUT2D eigenvalue weighted by molar-refractivity contribution is 6.12. The van der Waals surface area contributed by atoms with Gasteiger partial charge in [0.1, 0.15) is 11.2 Å². The lowest BCUT2D eigenvalue weighted by atomic mass is 9.71. The van der Waals surface area contributed by atoms with E-state index in [1.54, 1.807) is 18.2 Å². The van der Waals surface area contributed by atoms with Gasteiger partial charge in [-0.15, -0.1) is 0 Å². The van der Waals surface area contributed by atoms with Gasteiger partial charge >= 0.3 is 0 Å². The molecule has 1 aliphatic carbocycles. The zero-order valence-electron chi connectivity index (χ0n) is 30.4. The first kappa shape index (κ1) is 19.0. The summed E-state index contributed by atoms with van der Waals surface area (Å²) >= 11 is 0. The van der Waals surface area contributed by atoms with Crippen molar-refractivity contribution >= 4 is 21.9 Å². The number of hydrogen-bond donors (Lipinski definition) is 0. The third kappa shape index (κ3) is 4.66. The van der Waals surface area contributed by atoms with Gasteiger partial charge in [0.05, 0.1) is 5.69 Å². The minimum absolute atomic E-state index is 0.0346. The lowest BCUT2D eigenvalue weighted by Crippen LogP contribution is -2.20. The Balaban J connectivity index is 1.41. The molecule has 0 unspecified atom stereocenters. The van der Waals surface area contributed by atoms with Gasteiger partial charge in [-0.05, 0) is 96.2 Å². The Morgan fingerprint density at radius 2 is 1.44 bits per heavy atom. The Morgan fingerprint density at radius 3 is 2.17 bits per heavy atom. The van der Waals surface area contributed by atoms with E-state index in [1.165, 1.54) is 6.20 Å². The fraction of sp³-hybridized carbons (Fsp3) is 0.256. The molecule has 1 aliphatic rings. The molecule has 0 atom stereocenters. The molecule has 6 aromatic rings. The monoisotopic (exact) mass is 542 g/mol. The molecular formula is C39H37NO. The second kappa shape index (κ2) is 10.0. The van der Waals surface area contributed by atoms with Gasteiger partial charge in [0.25, 0.3) is 0 Å². The average molecular weight is 543 g/mol. The van der Waals surface area contributed by atoms with Crippen molar-refractivity contribution in [2.75, 3.05) is 0 Å². The van der Waals surface area contributed by atoms with Crippen molar-refractivity contribution < 1.29 is 14.0 Å². The number of aryl methyl sites for hydroxylation is 2. The SMILES string of the molecule is [2H]C([2H])([2H])c1cnc(-c2cccc3c2oc2c(-c4ccccc4)cccc23)cc1-c1ccc(C2([2H])CCC(C)(C)CC2)cc1C([2H])([2H])[2H]. The van der Waals surface area contributed by atoms with Crippen LogP contribution in [0.15, 0.2) is 102 Å². The van der Waals surface area contributed by atoms with Gasteiger partial charge in [-0.25, -0.2) is 0 Å². The van der Waals surface area contributed by atoms with Gasteiger partial charge in [0.2, 0.25) is 0 Å². The van der Waals surface area contributed by atoms with Gasteiger partial charge in [-0.3, -0.25) is 4.98 Å². The molecule has 41 heavy (non-hydrogen) atoms. The standard InChI is InChI=1S/C39H37NO/c1-25-22-29(27-18-20-39(3,4)21-19-27)16-17-30(25)35-23-36(40-24-26(35)2)34-15-9-14-33-32-13-8-12-31(37(32)41-38(33)34)28-10-6-5-7-11-28/h5-17,22-24,27H,18-21H2,1-4H3/i1D3,2D3,27D. The van der Waals surface area contributed by atoms with Crippen molar-refractivity contribution in [1.82, 2.24) is 4.98 Å². The first-order valence-corrected chi connectivity index (χ1v) is 14.3. The molecule has 2 aromatic heterocycles. The van der Waals surface area contributed by atoms with Crippen LogP contribution in [0.3, 0.4) is 0 Å². The zero-order chi connectivity index (χ0) is 34.1. The van der Waals surface area contributed by atoms with Crippen LogP contribution >= 0.6 is 0 Å². The van der Waals surface area contributed by atoms with Gasteiger partial charge in [-0.1, -0.05) is 92.7 Å². The summed E-state index contributed by atoms with van der Waals surface area (Å²) in [7, 11) is 0. The summed E-state index contributed by atoms with van der Waals surface area (Å²) in [6, 6.07) is 28.6. The Bertz CT molecular complexity index is 2150. The summed E-state index contributed by atoms with van der Waals surface area (Å²) in [4.78, 5) is 4.62. The molecule has 204 valence electrons. The Morgan fingerprint density at radius 1 is 0.732 bits per heavy atom. The average Bonchev–Trinajstić information content (AvgIpc) is 3.44. The topological polar surface area (TPSA) is 26.0 Å². The molecule has 2 heteroatoms. The number of fused-ring (bicyclic) bond motifs is 3. The van der Waals surface area contributed by atoms with E-state index in [0.29, 0.717) is 40.8 Å². The number of benzene rings is 4. The summed E-state index contributed by atoms with van der Waals surface area (Å²) in [5.74, 6) is -0.903.